The van der Waals surface area contributed by atoms with Crippen LogP contribution in [0.3, 0.4) is 0 Å². The Kier molecular flexibility index (Phi) is 4.56. The van der Waals surface area contributed by atoms with Crippen molar-refractivity contribution in [1.82, 2.24) is 9.38 Å². The van der Waals surface area contributed by atoms with E-state index in [-0.39, 0.29) is 11.7 Å². The zero-order valence-corrected chi connectivity index (χ0v) is 14.1. The van der Waals surface area contributed by atoms with E-state index in [4.69, 9.17) is 4.74 Å². The Labute approximate surface area is 144 Å². The topological polar surface area (TPSA) is 68.3 Å². The van der Waals surface area contributed by atoms with Crippen molar-refractivity contribution >= 4 is 23.1 Å². The van der Waals surface area contributed by atoms with E-state index in [9.17, 15) is 9.18 Å². The maximum atomic E-state index is 13.6. The van der Waals surface area contributed by atoms with Gasteiger partial charge in [0, 0.05) is 6.20 Å². The number of benzene rings is 1. The number of ether oxygens (including phenoxy) is 1. The number of pyridine rings is 1. The summed E-state index contributed by atoms with van der Waals surface area (Å²) in [6, 6.07) is 9.57. The molecule has 7 heteroatoms. The molecule has 0 bridgehead atoms. The van der Waals surface area contributed by atoms with E-state index < -0.39 is 5.97 Å². The first-order chi connectivity index (χ1) is 12.0. The van der Waals surface area contributed by atoms with Gasteiger partial charge in [-0.25, -0.2) is 14.2 Å². The third kappa shape index (κ3) is 3.40. The summed E-state index contributed by atoms with van der Waals surface area (Å²) in [5.41, 5.74) is 2.19. The minimum Gasteiger partial charge on any atom is -0.465 e. The smallest absolute Gasteiger partial charge is 0.337 e. The summed E-state index contributed by atoms with van der Waals surface area (Å²) in [5, 5.41) is 8.44. The Hall–Kier alpha value is -3.09. The summed E-state index contributed by atoms with van der Waals surface area (Å²) in [7, 11) is 1.32. The van der Waals surface area contributed by atoms with Crippen LogP contribution in [-0.4, -0.2) is 22.5 Å². The summed E-state index contributed by atoms with van der Waals surface area (Å²) in [6.07, 6.45) is 1.33. The Balaban J connectivity index is 2.05. The molecule has 0 saturated carbocycles. The summed E-state index contributed by atoms with van der Waals surface area (Å²) >= 11 is 0. The van der Waals surface area contributed by atoms with Crippen LogP contribution >= 0.6 is 0 Å². The molecular weight excluding hydrogens is 323 g/mol. The van der Waals surface area contributed by atoms with Crippen LogP contribution in [0, 0.1) is 5.82 Å². The Morgan fingerprint density at radius 1 is 1.24 bits per heavy atom. The van der Waals surface area contributed by atoms with Gasteiger partial charge in [0.1, 0.15) is 11.5 Å². The number of hydrogen-bond donors (Lipinski definition) is 0. The Morgan fingerprint density at radius 2 is 2.04 bits per heavy atom. The normalized spacial score (nSPS) is 11.6. The van der Waals surface area contributed by atoms with Gasteiger partial charge in [-0.3, -0.25) is 4.40 Å². The first-order valence-corrected chi connectivity index (χ1v) is 7.77. The highest BCUT2D eigenvalue weighted by Gasteiger charge is 2.15. The van der Waals surface area contributed by atoms with Gasteiger partial charge in [-0.2, -0.15) is 0 Å². The van der Waals surface area contributed by atoms with Gasteiger partial charge in [-0.1, -0.05) is 19.9 Å². The van der Waals surface area contributed by atoms with Crippen LogP contribution in [0.5, 0.6) is 0 Å². The molecule has 1 aromatic carbocycles. The lowest BCUT2D eigenvalue weighted by Crippen LogP contribution is -1.99. The molecule has 6 nitrogen and oxygen atoms in total. The molecule has 2 aromatic heterocycles. The number of fused-ring (bicyclic) bond motifs is 1. The lowest BCUT2D eigenvalue weighted by Gasteiger charge is -2.02. The number of nitrogens with zero attached hydrogens (tertiary/aromatic N) is 4. The number of rotatable bonds is 4. The van der Waals surface area contributed by atoms with Crippen molar-refractivity contribution in [3.05, 3.63) is 59.7 Å². The van der Waals surface area contributed by atoms with Gasteiger partial charge >= 0.3 is 5.97 Å². The molecule has 0 radical (unpaired) electrons. The van der Waals surface area contributed by atoms with Crippen LogP contribution in [0.1, 0.15) is 35.8 Å². The molecule has 0 aliphatic carbocycles. The van der Waals surface area contributed by atoms with Crippen molar-refractivity contribution in [2.45, 2.75) is 19.8 Å². The largest absolute Gasteiger partial charge is 0.465 e. The zero-order chi connectivity index (χ0) is 18.0. The minimum absolute atomic E-state index is 0.0957. The van der Waals surface area contributed by atoms with Crippen molar-refractivity contribution in [2.75, 3.05) is 7.11 Å². The highest BCUT2D eigenvalue weighted by atomic mass is 19.1. The molecule has 3 aromatic rings. The molecule has 0 aliphatic heterocycles. The fourth-order valence-electron chi connectivity index (χ4n) is 2.43. The number of esters is 1. The standard InChI is InChI=1S/C18H17FN4O2/c1-11(2)16-17(23-10-13(19)7-8-15(23)20-16)22-21-14-6-4-5-12(9-14)18(24)25-3/h4-11H,1-3H3. The van der Waals surface area contributed by atoms with E-state index >= 15 is 0 Å². The van der Waals surface area contributed by atoms with Crippen LogP contribution in [0.4, 0.5) is 15.9 Å². The van der Waals surface area contributed by atoms with Crippen LogP contribution in [0.25, 0.3) is 5.65 Å². The van der Waals surface area contributed by atoms with Gasteiger partial charge in [0.2, 0.25) is 0 Å². The fraction of sp³-hybridized carbons (Fsp3) is 0.222. The number of methoxy groups -OCH3 is 1. The number of carbonyl (C=O) groups is 1. The summed E-state index contributed by atoms with van der Waals surface area (Å²) in [6.45, 7) is 3.96. The first-order valence-electron chi connectivity index (χ1n) is 7.77. The predicted molar refractivity (Wildman–Crippen MR) is 91.2 cm³/mol. The average molecular weight is 340 g/mol. The van der Waals surface area contributed by atoms with E-state index in [2.05, 4.69) is 15.2 Å². The molecule has 25 heavy (non-hydrogen) atoms. The van der Waals surface area contributed by atoms with Crippen LogP contribution in [0.2, 0.25) is 0 Å². The molecule has 0 spiro atoms. The number of halogens is 1. The van der Waals surface area contributed by atoms with Gasteiger partial charge in [0.05, 0.1) is 24.1 Å². The van der Waals surface area contributed by atoms with Crippen molar-refractivity contribution in [3.63, 3.8) is 0 Å². The highest BCUT2D eigenvalue weighted by Crippen LogP contribution is 2.29. The number of azo groups is 1. The van der Waals surface area contributed by atoms with E-state index in [1.54, 1.807) is 34.7 Å². The summed E-state index contributed by atoms with van der Waals surface area (Å²) in [5.74, 6) is -0.271. The van der Waals surface area contributed by atoms with Crippen LogP contribution in [0.15, 0.2) is 52.8 Å². The van der Waals surface area contributed by atoms with E-state index in [0.29, 0.717) is 22.7 Å². The molecular formula is C18H17FN4O2. The van der Waals surface area contributed by atoms with Gasteiger partial charge in [-0.05, 0) is 36.2 Å². The highest BCUT2D eigenvalue weighted by molar-refractivity contribution is 5.90. The Morgan fingerprint density at radius 3 is 2.76 bits per heavy atom. The van der Waals surface area contributed by atoms with Gasteiger partial charge in [0.15, 0.2) is 5.82 Å². The molecule has 128 valence electrons. The maximum Gasteiger partial charge on any atom is 0.337 e. The second kappa shape index (κ2) is 6.80. The number of aromatic nitrogens is 2. The lowest BCUT2D eigenvalue weighted by molar-refractivity contribution is 0.0601. The Bertz CT molecular complexity index is 963. The van der Waals surface area contributed by atoms with Crippen molar-refractivity contribution in [2.24, 2.45) is 10.2 Å². The number of carbonyl (C=O) groups excluding carboxylic acids is 1. The number of imidazole rings is 1. The monoisotopic (exact) mass is 340 g/mol. The second-order valence-electron chi connectivity index (χ2n) is 5.79. The van der Waals surface area contributed by atoms with E-state index in [1.807, 2.05) is 13.8 Å². The fourth-order valence-corrected chi connectivity index (χ4v) is 2.43. The molecule has 0 fully saturated rings. The third-order valence-electron chi connectivity index (χ3n) is 3.66. The predicted octanol–water partition coefficient (Wildman–Crippen LogP) is 4.80. The quantitative estimate of drug-likeness (QED) is 0.506. The minimum atomic E-state index is -0.447. The van der Waals surface area contributed by atoms with E-state index in [0.717, 1.165) is 5.69 Å². The average Bonchev–Trinajstić information content (AvgIpc) is 2.97. The maximum absolute atomic E-state index is 13.6. The SMILES string of the molecule is COC(=O)c1cccc(N=Nc2c(C(C)C)nc3ccc(F)cn23)c1. The molecule has 0 aliphatic rings. The van der Waals surface area contributed by atoms with Crippen molar-refractivity contribution < 1.29 is 13.9 Å². The number of hydrogen-bond acceptors (Lipinski definition) is 5. The molecule has 0 amide bonds. The molecule has 3 rings (SSSR count). The van der Waals surface area contributed by atoms with Gasteiger partial charge in [0.25, 0.3) is 0 Å². The van der Waals surface area contributed by atoms with Crippen molar-refractivity contribution in [1.29, 1.82) is 0 Å². The third-order valence-corrected chi connectivity index (χ3v) is 3.66. The van der Waals surface area contributed by atoms with E-state index in [1.165, 1.54) is 19.4 Å². The first kappa shape index (κ1) is 16.8. The molecule has 0 unspecified atom stereocenters. The molecule has 0 saturated heterocycles. The molecule has 0 N–H and O–H groups in total. The lowest BCUT2D eigenvalue weighted by atomic mass is 10.1. The molecule has 0 atom stereocenters. The van der Waals surface area contributed by atoms with Gasteiger partial charge < -0.3 is 4.74 Å². The zero-order valence-electron chi connectivity index (χ0n) is 14.1. The molecule has 2 heterocycles. The van der Waals surface area contributed by atoms with Crippen molar-refractivity contribution in [3.8, 4) is 0 Å². The summed E-state index contributed by atoms with van der Waals surface area (Å²) in [4.78, 5) is 16.1. The summed E-state index contributed by atoms with van der Waals surface area (Å²) < 4.78 is 19.9. The second-order valence-corrected chi connectivity index (χ2v) is 5.79. The van der Waals surface area contributed by atoms with Gasteiger partial charge in [-0.15, -0.1) is 10.2 Å². The van der Waals surface area contributed by atoms with Crippen LogP contribution < -0.4 is 0 Å². The van der Waals surface area contributed by atoms with Crippen LogP contribution in [-0.2, 0) is 4.74 Å².